The maximum absolute atomic E-state index is 12.6. The molecule has 0 aromatic heterocycles. The van der Waals surface area contributed by atoms with Crippen molar-refractivity contribution in [2.24, 2.45) is 5.41 Å². The number of amides is 1. The molecule has 1 aromatic rings. The molecule has 2 rings (SSSR count). The van der Waals surface area contributed by atoms with E-state index in [1.165, 1.54) is 10.5 Å². The topological polar surface area (TPSA) is 63.7 Å². The highest BCUT2D eigenvalue weighted by Gasteiger charge is 2.41. The number of ketones is 1. The summed E-state index contributed by atoms with van der Waals surface area (Å²) in [5.74, 6) is -1.35. The Hall–Kier alpha value is -2.17. The number of rotatable bonds is 10. The van der Waals surface area contributed by atoms with Gasteiger partial charge in [0.25, 0.3) is 5.91 Å². The predicted molar refractivity (Wildman–Crippen MR) is 109 cm³/mol. The lowest BCUT2D eigenvalue weighted by Gasteiger charge is -2.27. The summed E-state index contributed by atoms with van der Waals surface area (Å²) in [4.78, 5) is 38.9. The number of hydrogen-bond donors (Lipinski definition) is 0. The number of carbonyl (C=O) groups is 3. The molecule has 1 amide bonds. The first kappa shape index (κ1) is 22.1. The van der Waals surface area contributed by atoms with Crippen LogP contribution in [0.25, 0.3) is 0 Å². The summed E-state index contributed by atoms with van der Waals surface area (Å²) in [6.45, 7) is 6.23. The van der Waals surface area contributed by atoms with Gasteiger partial charge in [0, 0.05) is 12.0 Å². The lowest BCUT2D eigenvalue weighted by molar-refractivity contribution is -0.157. The zero-order valence-corrected chi connectivity index (χ0v) is 17.4. The SMILES string of the molecule is CCC(C)(C)C(=O)C(=O)N1CCCC1C(=O)OCCCCCc1ccccc1. The van der Waals surface area contributed by atoms with Gasteiger partial charge in [-0.1, -0.05) is 51.1 Å². The van der Waals surface area contributed by atoms with Crippen molar-refractivity contribution in [2.45, 2.75) is 71.8 Å². The van der Waals surface area contributed by atoms with Crippen LogP contribution in [0.3, 0.4) is 0 Å². The van der Waals surface area contributed by atoms with Gasteiger partial charge in [0.1, 0.15) is 6.04 Å². The number of carbonyl (C=O) groups excluding carboxylic acids is 3. The molecule has 1 aliphatic rings. The molecule has 0 aliphatic carbocycles. The number of likely N-dealkylation sites (tertiary alicyclic amines) is 1. The Morgan fingerprint density at radius 3 is 2.50 bits per heavy atom. The first-order chi connectivity index (χ1) is 13.4. The van der Waals surface area contributed by atoms with Gasteiger partial charge in [-0.25, -0.2) is 4.79 Å². The van der Waals surface area contributed by atoms with Crippen molar-refractivity contribution in [2.75, 3.05) is 13.2 Å². The number of aryl methyl sites for hydroxylation is 1. The number of unbranched alkanes of at least 4 members (excludes halogenated alkanes) is 2. The van der Waals surface area contributed by atoms with E-state index >= 15 is 0 Å². The Kier molecular flexibility index (Phi) is 8.21. The maximum Gasteiger partial charge on any atom is 0.328 e. The average molecular weight is 388 g/mol. The molecule has 28 heavy (non-hydrogen) atoms. The summed E-state index contributed by atoms with van der Waals surface area (Å²) in [5, 5.41) is 0. The van der Waals surface area contributed by atoms with Crippen LogP contribution in [0, 0.1) is 5.41 Å². The fraction of sp³-hybridized carbons (Fsp3) is 0.609. The van der Waals surface area contributed by atoms with Crippen molar-refractivity contribution in [3.63, 3.8) is 0 Å². The van der Waals surface area contributed by atoms with Crippen LogP contribution in [0.4, 0.5) is 0 Å². The van der Waals surface area contributed by atoms with Gasteiger partial charge in [0.2, 0.25) is 5.78 Å². The highest BCUT2D eigenvalue weighted by molar-refractivity contribution is 6.38. The Bertz CT molecular complexity index is 668. The van der Waals surface area contributed by atoms with E-state index < -0.39 is 23.1 Å². The van der Waals surface area contributed by atoms with Gasteiger partial charge in [-0.3, -0.25) is 9.59 Å². The molecule has 5 heteroatoms. The molecule has 1 saturated heterocycles. The summed E-state index contributed by atoms with van der Waals surface area (Å²) in [6.07, 6.45) is 5.75. The minimum atomic E-state index is -0.702. The fourth-order valence-electron chi connectivity index (χ4n) is 3.36. The fourth-order valence-corrected chi connectivity index (χ4v) is 3.36. The zero-order valence-electron chi connectivity index (χ0n) is 17.4. The van der Waals surface area contributed by atoms with E-state index in [0.29, 0.717) is 26.0 Å². The molecule has 1 atom stereocenters. The summed E-state index contributed by atoms with van der Waals surface area (Å²) >= 11 is 0. The Morgan fingerprint density at radius 2 is 1.82 bits per heavy atom. The molecule has 1 unspecified atom stereocenters. The predicted octanol–water partition coefficient (Wildman–Crippen LogP) is 3.94. The second kappa shape index (κ2) is 10.4. The number of nitrogens with zero attached hydrogens (tertiary/aromatic N) is 1. The maximum atomic E-state index is 12.6. The van der Waals surface area contributed by atoms with Gasteiger partial charge in [0.15, 0.2) is 0 Å². The van der Waals surface area contributed by atoms with Crippen molar-refractivity contribution in [3.8, 4) is 0 Å². The monoisotopic (exact) mass is 387 g/mol. The van der Waals surface area contributed by atoms with Gasteiger partial charge < -0.3 is 9.64 Å². The number of ether oxygens (including phenoxy) is 1. The molecule has 0 spiro atoms. The number of esters is 1. The molecule has 1 fully saturated rings. The third kappa shape index (κ3) is 5.91. The summed E-state index contributed by atoms with van der Waals surface area (Å²) in [5.41, 5.74) is 0.617. The lowest BCUT2D eigenvalue weighted by atomic mass is 9.84. The molecule has 1 heterocycles. The van der Waals surface area contributed by atoms with E-state index in [1.54, 1.807) is 13.8 Å². The van der Waals surface area contributed by atoms with Crippen LogP contribution >= 0.6 is 0 Å². The van der Waals surface area contributed by atoms with Crippen molar-refractivity contribution >= 4 is 17.7 Å². The number of Topliss-reactive ketones (excluding diaryl/α,β-unsaturated/α-hetero) is 1. The minimum absolute atomic E-state index is 0.362. The van der Waals surface area contributed by atoms with E-state index in [9.17, 15) is 14.4 Å². The first-order valence-corrected chi connectivity index (χ1v) is 10.4. The van der Waals surface area contributed by atoms with Crippen molar-refractivity contribution in [3.05, 3.63) is 35.9 Å². The summed E-state index contributed by atoms with van der Waals surface area (Å²) < 4.78 is 5.41. The Morgan fingerprint density at radius 1 is 1.11 bits per heavy atom. The van der Waals surface area contributed by atoms with Crippen molar-refractivity contribution in [1.82, 2.24) is 4.90 Å². The van der Waals surface area contributed by atoms with Gasteiger partial charge in [-0.15, -0.1) is 0 Å². The van der Waals surface area contributed by atoms with Crippen molar-refractivity contribution in [1.29, 1.82) is 0 Å². The summed E-state index contributed by atoms with van der Waals surface area (Å²) in [7, 11) is 0. The van der Waals surface area contributed by atoms with Crippen LogP contribution in [0.5, 0.6) is 0 Å². The van der Waals surface area contributed by atoms with Gasteiger partial charge >= 0.3 is 5.97 Å². The highest BCUT2D eigenvalue weighted by Crippen LogP contribution is 2.26. The van der Waals surface area contributed by atoms with Crippen molar-refractivity contribution < 1.29 is 19.1 Å². The smallest absolute Gasteiger partial charge is 0.328 e. The Labute approximate surface area is 168 Å². The van der Waals surface area contributed by atoms with E-state index in [4.69, 9.17) is 4.74 Å². The quantitative estimate of drug-likeness (QED) is 0.347. The third-order valence-electron chi connectivity index (χ3n) is 5.68. The van der Waals surface area contributed by atoms with E-state index in [0.717, 1.165) is 32.1 Å². The number of hydrogen-bond acceptors (Lipinski definition) is 4. The molecule has 5 nitrogen and oxygen atoms in total. The highest BCUT2D eigenvalue weighted by atomic mass is 16.5. The van der Waals surface area contributed by atoms with Crippen LogP contribution in [0.15, 0.2) is 30.3 Å². The molecule has 154 valence electrons. The first-order valence-electron chi connectivity index (χ1n) is 10.4. The van der Waals surface area contributed by atoms with Crippen LogP contribution in [0.2, 0.25) is 0 Å². The third-order valence-corrected chi connectivity index (χ3v) is 5.68. The average Bonchev–Trinajstić information content (AvgIpc) is 3.20. The molecule has 0 bridgehead atoms. The second-order valence-corrected chi connectivity index (χ2v) is 8.19. The molecule has 0 saturated carbocycles. The van der Waals surface area contributed by atoms with Gasteiger partial charge in [-0.2, -0.15) is 0 Å². The standard InChI is InChI=1S/C23H33NO4/c1-4-23(2,3)20(25)21(26)24-16-11-15-19(24)22(27)28-17-10-6-9-14-18-12-7-5-8-13-18/h5,7-8,12-13,19H,4,6,9-11,14-17H2,1-3H3. The van der Waals surface area contributed by atoms with E-state index in [-0.39, 0.29) is 5.97 Å². The number of benzene rings is 1. The molecule has 1 aromatic carbocycles. The summed E-state index contributed by atoms with van der Waals surface area (Å²) in [6, 6.07) is 9.71. The molecule has 0 N–H and O–H groups in total. The molecule has 0 radical (unpaired) electrons. The Balaban J connectivity index is 1.73. The largest absolute Gasteiger partial charge is 0.464 e. The zero-order chi connectivity index (χ0) is 20.6. The van der Waals surface area contributed by atoms with Crippen LogP contribution in [-0.2, 0) is 25.5 Å². The van der Waals surface area contributed by atoms with E-state index in [2.05, 4.69) is 12.1 Å². The van der Waals surface area contributed by atoms with Gasteiger partial charge in [-0.05, 0) is 50.5 Å². The van der Waals surface area contributed by atoms with Crippen LogP contribution in [0.1, 0.15) is 64.9 Å². The molecular formula is C23H33NO4. The van der Waals surface area contributed by atoms with Crippen LogP contribution in [-0.4, -0.2) is 41.8 Å². The minimum Gasteiger partial charge on any atom is -0.464 e. The normalized spacial score (nSPS) is 16.8. The van der Waals surface area contributed by atoms with Crippen LogP contribution < -0.4 is 0 Å². The second-order valence-electron chi connectivity index (χ2n) is 8.19. The molecular weight excluding hydrogens is 354 g/mol. The molecule has 1 aliphatic heterocycles. The van der Waals surface area contributed by atoms with Gasteiger partial charge in [0.05, 0.1) is 6.61 Å². The van der Waals surface area contributed by atoms with E-state index in [1.807, 2.05) is 25.1 Å². The lowest BCUT2D eigenvalue weighted by Crippen LogP contribution is -2.48.